The smallest absolute Gasteiger partial charge is 0.262 e. The third-order valence-electron chi connectivity index (χ3n) is 6.10. The first-order chi connectivity index (χ1) is 19.9. The summed E-state index contributed by atoms with van der Waals surface area (Å²) in [4.78, 5) is 19.7. The van der Waals surface area contributed by atoms with Crippen LogP contribution in [0.5, 0.6) is 11.5 Å². The number of carbonyl (C=O) groups excluding carboxylic acids is 1. The SMILES string of the molecule is C=NC=CC=C(C)CN(C(=O)c1cc(Cl)c(OCc2ccccc2)cc1OCc1ccccc1)c1ccc(Br)cc1. The predicted molar refractivity (Wildman–Crippen MR) is 171 cm³/mol. The minimum Gasteiger partial charge on any atom is -0.488 e. The molecule has 7 heteroatoms. The highest BCUT2D eigenvalue weighted by atomic mass is 79.9. The summed E-state index contributed by atoms with van der Waals surface area (Å²) in [7, 11) is 0. The van der Waals surface area contributed by atoms with Gasteiger partial charge in [-0.2, -0.15) is 0 Å². The van der Waals surface area contributed by atoms with Gasteiger partial charge in [-0.15, -0.1) is 0 Å². The first-order valence-electron chi connectivity index (χ1n) is 13.0. The van der Waals surface area contributed by atoms with Gasteiger partial charge in [0.05, 0.1) is 10.6 Å². The van der Waals surface area contributed by atoms with Gasteiger partial charge >= 0.3 is 0 Å². The summed E-state index contributed by atoms with van der Waals surface area (Å²) in [5.74, 6) is 0.555. The van der Waals surface area contributed by atoms with Gasteiger partial charge in [0, 0.05) is 29.0 Å². The zero-order valence-electron chi connectivity index (χ0n) is 22.7. The summed E-state index contributed by atoms with van der Waals surface area (Å²) >= 11 is 10.2. The van der Waals surface area contributed by atoms with Crippen molar-refractivity contribution in [3.8, 4) is 11.5 Å². The molecule has 0 aliphatic rings. The van der Waals surface area contributed by atoms with Gasteiger partial charge < -0.3 is 14.4 Å². The molecule has 0 radical (unpaired) electrons. The summed E-state index contributed by atoms with van der Waals surface area (Å²) in [6.07, 6.45) is 5.28. The van der Waals surface area contributed by atoms with Crippen LogP contribution in [-0.4, -0.2) is 19.2 Å². The minimum atomic E-state index is -0.259. The van der Waals surface area contributed by atoms with Crippen LogP contribution in [0, 0.1) is 0 Å². The lowest BCUT2D eigenvalue weighted by molar-refractivity contribution is 0.0984. The first-order valence-corrected chi connectivity index (χ1v) is 14.1. The Bertz CT molecular complexity index is 1520. The molecule has 4 aromatic rings. The number of aliphatic imine (C=N–C) groups is 1. The van der Waals surface area contributed by atoms with E-state index in [-0.39, 0.29) is 12.5 Å². The van der Waals surface area contributed by atoms with Crippen LogP contribution in [0.3, 0.4) is 0 Å². The van der Waals surface area contributed by atoms with Crippen molar-refractivity contribution in [2.75, 3.05) is 11.4 Å². The molecule has 0 aromatic heterocycles. The monoisotopic (exact) mass is 628 g/mol. The van der Waals surface area contributed by atoms with E-state index in [4.69, 9.17) is 21.1 Å². The van der Waals surface area contributed by atoms with Crippen molar-refractivity contribution in [3.05, 3.63) is 147 Å². The van der Waals surface area contributed by atoms with E-state index < -0.39 is 0 Å². The molecule has 41 heavy (non-hydrogen) atoms. The second kappa shape index (κ2) is 15.0. The minimum absolute atomic E-state index is 0.259. The zero-order valence-corrected chi connectivity index (χ0v) is 25.0. The van der Waals surface area contributed by atoms with Crippen LogP contribution in [0.2, 0.25) is 5.02 Å². The lowest BCUT2D eigenvalue weighted by Crippen LogP contribution is -2.33. The number of halogens is 2. The third kappa shape index (κ3) is 8.68. The topological polar surface area (TPSA) is 51.1 Å². The van der Waals surface area contributed by atoms with Gasteiger partial charge in [-0.3, -0.25) is 9.79 Å². The number of anilines is 1. The van der Waals surface area contributed by atoms with E-state index in [1.165, 1.54) is 0 Å². The van der Waals surface area contributed by atoms with E-state index >= 15 is 0 Å². The van der Waals surface area contributed by atoms with Gasteiger partial charge in [0.25, 0.3) is 5.91 Å². The number of rotatable bonds is 12. The lowest BCUT2D eigenvalue weighted by Gasteiger charge is -2.25. The average molecular weight is 630 g/mol. The summed E-state index contributed by atoms with van der Waals surface area (Å²) in [6.45, 7) is 6.36. The van der Waals surface area contributed by atoms with Gasteiger partial charge in [0.1, 0.15) is 24.7 Å². The maximum absolute atomic E-state index is 14.2. The zero-order chi connectivity index (χ0) is 29.0. The molecule has 5 nitrogen and oxygen atoms in total. The van der Waals surface area contributed by atoms with Crippen LogP contribution in [0.1, 0.15) is 28.4 Å². The van der Waals surface area contributed by atoms with Crippen LogP contribution in [0.25, 0.3) is 0 Å². The van der Waals surface area contributed by atoms with Gasteiger partial charge in [0.15, 0.2) is 0 Å². The number of allylic oxidation sites excluding steroid dienone is 2. The van der Waals surface area contributed by atoms with E-state index in [0.29, 0.717) is 35.2 Å². The number of carbonyl (C=O) groups is 1. The molecule has 0 atom stereocenters. The highest BCUT2D eigenvalue weighted by Gasteiger charge is 2.24. The first kappa shape index (κ1) is 29.8. The lowest BCUT2D eigenvalue weighted by atomic mass is 10.1. The molecular formula is C34H30BrClN2O3. The molecule has 0 saturated heterocycles. The van der Waals surface area contributed by atoms with Crippen LogP contribution in [-0.2, 0) is 13.2 Å². The molecule has 0 bridgehead atoms. The summed E-state index contributed by atoms with van der Waals surface area (Å²) in [5, 5.41) is 0.319. The normalized spacial score (nSPS) is 11.3. The Morgan fingerprint density at radius 2 is 1.49 bits per heavy atom. The predicted octanol–water partition coefficient (Wildman–Crippen LogP) is 9.07. The second-order valence-corrected chi connectivity index (χ2v) is 10.6. The molecule has 0 aliphatic heterocycles. The van der Waals surface area contributed by atoms with Crippen LogP contribution in [0.4, 0.5) is 5.69 Å². The van der Waals surface area contributed by atoms with Crippen LogP contribution >= 0.6 is 27.5 Å². The highest BCUT2D eigenvalue weighted by Crippen LogP contribution is 2.36. The van der Waals surface area contributed by atoms with E-state index in [2.05, 4.69) is 27.6 Å². The summed E-state index contributed by atoms with van der Waals surface area (Å²) in [5.41, 5.74) is 3.98. The van der Waals surface area contributed by atoms with Gasteiger partial charge in [-0.1, -0.05) is 99.8 Å². The Morgan fingerprint density at radius 1 is 0.902 bits per heavy atom. The molecule has 0 unspecified atom stereocenters. The largest absolute Gasteiger partial charge is 0.488 e. The highest BCUT2D eigenvalue weighted by molar-refractivity contribution is 9.10. The Labute approximate surface area is 254 Å². The van der Waals surface area contributed by atoms with Gasteiger partial charge in [-0.25, -0.2) is 0 Å². The van der Waals surface area contributed by atoms with Crippen molar-refractivity contribution >= 4 is 45.8 Å². The molecule has 0 saturated carbocycles. The Balaban J connectivity index is 1.71. The standard InChI is InChI=1S/C34H30BrClN2O3/c1-25(10-9-19-37-2)22-38(29-17-15-28(35)16-18-29)34(39)30-20-31(36)33(41-24-27-13-7-4-8-14-27)21-32(30)40-23-26-11-5-3-6-12-26/h3-21H,2,22-24H2,1H3. The van der Waals surface area contributed by atoms with Crippen molar-refractivity contribution in [1.82, 2.24) is 0 Å². The molecule has 4 aromatic carbocycles. The molecule has 4 rings (SSSR count). The van der Waals surface area contributed by atoms with Crippen molar-refractivity contribution < 1.29 is 14.3 Å². The molecule has 1 amide bonds. The fraction of sp³-hybridized carbons (Fsp3) is 0.118. The fourth-order valence-corrected chi connectivity index (χ4v) is 4.50. The molecule has 0 fully saturated rings. The van der Waals surface area contributed by atoms with Crippen LogP contribution in [0.15, 0.2) is 130 Å². The molecular weight excluding hydrogens is 600 g/mol. The van der Waals surface area contributed by atoms with Crippen molar-refractivity contribution in [1.29, 1.82) is 0 Å². The molecule has 0 spiro atoms. The second-order valence-electron chi connectivity index (χ2n) is 9.23. The number of hydrogen-bond donors (Lipinski definition) is 0. The summed E-state index contributed by atoms with van der Waals surface area (Å²) < 4.78 is 13.2. The maximum Gasteiger partial charge on any atom is 0.262 e. The molecule has 0 heterocycles. The number of amides is 1. The van der Waals surface area contributed by atoms with E-state index in [1.54, 1.807) is 29.3 Å². The van der Waals surface area contributed by atoms with E-state index in [0.717, 1.165) is 26.9 Å². The van der Waals surface area contributed by atoms with Gasteiger partial charge in [0.2, 0.25) is 0 Å². The quantitative estimate of drug-likeness (QED) is 0.116. The van der Waals surface area contributed by atoms with E-state index in [9.17, 15) is 4.79 Å². The van der Waals surface area contributed by atoms with Crippen LogP contribution < -0.4 is 14.4 Å². The van der Waals surface area contributed by atoms with Gasteiger partial charge in [-0.05, 0) is 61.2 Å². The summed E-state index contributed by atoms with van der Waals surface area (Å²) in [6, 6.07) is 30.5. The van der Waals surface area contributed by atoms with E-state index in [1.807, 2.05) is 97.9 Å². The molecule has 208 valence electrons. The molecule has 0 N–H and O–H groups in total. The number of hydrogen-bond acceptors (Lipinski definition) is 4. The Kier molecular flexibility index (Phi) is 10.9. The Morgan fingerprint density at radius 3 is 2.07 bits per heavy atom. The number of benzene rings is 4. The maximum atomic E-state index is 14.2. The average Bonchev–Trinajstić information content (AvgIpc) is 3.00. The molecule has 0 aliphatic carbocycles. The third-order valence-corrected chi connectivity index (χ3v) is 6.93. The fourth-order valence-electron chi connectivity index (χ4n) is 4.02. The van der Waals surface area contributed by atoms with Crippen molar-refractivity contribution in [3.63, 3.8) is 0 Å². The number of ether oxygens (including phenoxy) is 2. The number of nitrogens with zero attached hydrogens (tertiary/aromatic N) is 2. The Hall–Kier alpha value is -4.13. The van der Waals surface area contributed by atoms with Crippen molar-refractivity contribution in [2.24, 2.45) is 4.99 Å². The van der Waals surface area contributed by atoms with Crippen molar-refractivity contribution in [2.45, 2.75) is 20.1 Å².